The predicted octanol–water partition coefficient (Wildman–Crippen LogP) is 5.21. The van der Waals surface area contributed by atoms with Gasteiger partial charge in [0.25, 0.3) is 0 Å². The summed E-state index contributed by atoms with van der Waals surface area (Å²) in [5, 5.41) is 5.83. The SMILES string of the molecule is O=C(CN1C(=O)C2(CCCC2)CCC1c1cc(F)cc(F)c1)Nc1ccc2c(c1)CC1(C2)C(=O)Nc2ncccc21. The Balaban J connectivity index is 1.12. The first-order valence-corrected chi connectivity index (χ1v) is 14.2. The fourth-order valence-corrected chi connectivity index (χ4v) is 7.63. The second-order valence-corrected chi connectivity index (χ2v) is 12.0. The quantitative estimate of drug-likeness (QED) is 0.462. The molecular formula is C32H30F2N4O3. The van der Waals surface area contributed by atoms with E-state index < -0.39 is 28.5 Å². The van der Waals surface area contributed by atoms with Crippen LogP contribution in [-0.2, 0) is 32.6 Å². The van der Waals surface area contributed by atoms with Gasteiger partial charge in [0, 0.05) is 28.9 Å². The minimum atomic E-state index is -0.710. The smallest absolute Gasteiger partial charge is 0.244 e. The molecule has 2 atom stereocenters. The summed E-state index contributed by atoms with van der Waals surface area (Å²) in [6.07, 6.45) is 7.35. The summed E-state index contributed by atoms with van der Waals surface area (Å²) in [5.41, 5.74) is 2.62. The van der Waals surface area contributed by atoms with E-state index in [4.69, 9.17) is 0 Å². The summed E-state index contributed by atoms with van der Waals surface area (Å²) in [4.78, 5) is 46.1. The van der Waals surface area contributed by atoms with Crippen molar-refractivity contribution >= 4 is 29.2 Å². The first-order chi connectivity index (χ1) is 19.8. The number of hydrogen-bond acceptors (Lipinski definition) is 4. The molecule has 210 valence electrons. The van der Waals surface area contributed by atoms with Gasteiger partial charge in [0.05, 0.1) is 11.5 Å². The molecule has 7 nitrogen and oxygen atoms in total. The Labute approximate surface area is 236 Å². The topological polar surface area (TPSA) is 91.4 Å². The Kier molecular flexibility index (Phi) is 5.96. The maximum Gasteiger partial charge on any atom is 0.244 e. The number of rotatable bonds is 4. The molecule has 41 heavy (non-hydrogen) atoms. The Bertz CT molecular complexity index is 1580. The number of halogens is 2. The number of pyridine rings is 1. The van der Waals surface area contributed by atoms with E-state index in [1.54, 1.807) is 6.20 Å². The van der Waals surface area contributed by atoms with Crippen LogP contribution in [0.5, 0.6) is 0 Å². The zero-order chi connectivity index (χ0) is 28.4. The molecule has 0 bridgehead atoms. The molecule has 2 fully saturated rings. The second-order valence-electron chi connectivity index (χ2n) is 12.0. The number of nitrogens with zero attached hydrogens (tertiary/aromatic N) is 2. The number of likely N-dealkylation sites (tertiary alicyclic amines) is 1. The third-order valence-electron chi connectivity index (χ3n) is 9.60. The highest BCUT2D eigenvalue weighted by atomic mass is 19.1. The molecule has 2 spiro atoms. The van der Waals surface area contributed by atoms with Crippen LogP contribution in [0.15, 0.2) is 54.7 Å². The summed E-state index contributed by atoms with van der Waals surface area (Å²) in [6.45, 7) is -0.216. The fourth-order valence-electron chi connectivity index (χ4n) is 7.63. The van der Waals surface area contributed by atoms with Crippen LogP contribution in [0, 0.1) is 17.0 Å². The van der Waals surface area contributed by atoms with Gasteiger partial charge >= 0.3 is 0 Å². The van der Waals surface area contributed by atoms with E-state index in [2.05, 4.69) is 15.6 Å². The molecule has 0 radical (unpaired) electrons. The van der Waals surface area contributed by atoms with E-state index in [0.717, 1.165) is 48.4 Å². The van der Waals surface area contributed by atoms with Crippen molar-refractivity contribution in [2.75, 3.05) is 17.2 Å². The zero-order valence-corrected chi connectivity index (χ0v) is 22.5. The number of piperidine rings is 1. The van der Waals surface area contributed by atoms with Gasteiger partial charge in [-0.1, -0.05) is 25.0 Å². The van der Waals surface area contributed by atoms with Crippen molar-refractivity contribution < 1.29 is 23.2 Å². The van der Waals surface area contributed by atoms with Crippen molar-refractivity contribution in [3.05, 3.63) is 88.6 Å². The molecule has 2 aromatic carbocycles. The van der Waals surface area contributed by atoms with E-state index in [-0.39, 0.29) is 24.3 Å². The summed E-state index contributed by atoms with van der Waals surface area (Å²) in [5.74, 6) is -1.38. The van der Waals surface area contributed by atoms with E-state index in [9.17, 15) is 23.2 Å². The molecule has 3 heterocycles. The standard InChI is InChI=1S/C32H30F2N4O3/c33-22-12-20(13-23(34)15-22)26-7-10-31(8-1-2-9-31)30(41)38(26)18-27(39)36-24-6-5-19-16-32(17-21(19)14-24)25-4-3-11-35-28(25)37-29(32)40/h3-6,11-15,26H,1-2,7-10,16-18H2,(H,36,39)(H,35,37,40). The van der Waals surface area contributed by atoms with Gasteiger partial charge in [-0.25, -0.2) is 13.8 Å². The summed E-state index contributed by atoms with van der Waals surface area (Å²) in [6, 6.07) is 12.1. The molecule has 1 saturated heterocycles. The monoisotopic (exact) mass is 556 g/mol. The lowest BCUT2D eigenvalue weighted by Crippen LogP contribution is -2.51. The third-order valence-corrected chi connectivity index (χ3v) is 9.60. The van der Waals surface area contributed by atoms with Crippen molar-refractivity contribution in [2.45, 2.75) is 62.8 Å². The average molecular weight is 557 g/mol. The van der Waals surface area contributed by atoms with Crippen LogP contribution in [0.3, 0.4) is 0 Å². The largest absolute Gasteiger partial charge is 0.326 e. The number of aromatic nitrogens is 1. The van der Waals surface area contributed by atoms with Crippen LogP contribution in [0.2, 0.25) is 0 Å². The molecule has 9 heteroatoms. The number of amides is 3. The molecule has 4 aliphatic rings. The number of benzene rings is 2. The maximum atomic E-state index is 14.1. The van der Waals surface area contributed by atoms with Crippen LogP contribution < -0.4 is 10.6 Å². The van der Waals surface area contributed by atoms with Crippen molar-refractivity contribution in [3.8, 4) is 0 Å². The fraction of sp³-hybridized carbons (Fsp3) is 0.375. The van der Waals surface area contributed by atoms with Gasteiger partial charge in [0.1, 0.15) is 24.0 Å². The molecule has 2 aliphatic carbocycles. The van der Waals surface area contributed by atoms with Crippen molar-refractivity contribution in [3.63, 3.8) is 0 Å². The number of nitrogens with one attached hydrogen (secondary N) is 2. The Morgan fingerprint density at radius 1 is 1.00 bits per heavy atom. The lowest BCUT2D eigenvalue weighted by molar-refractivity contribution is -0.152. The van der Waals surface area contributed by atoms with Crippen LogP contribution in [-0.4, -0.2) is 34.2 Å². The molecule has 1 aromatic heterocycles. The summed E-state index contributed by atoms with van der Waals surface area (Å²) < 4.78 is 28.3. The Morgan fingerprint density at radius 2 is 1.76 bits per heavy atom. The summed E-state index contributed by atoms with van der Waals surface area (Å²) in [7, 11) is 0. The number of fused-ring (bicyclic) bond motifs is 3. The Hall–Kier alpha value is -4.14. The van der Waals surface area contributed by atoms with Gasteiger partial charge < -0.3 is 15.5 Å². The van der Waals surface area contributed by atoms with Gasteiger partial charge in [-0.05, 0) is 85.5 Å². The second kappa shape index (κ2) is 9.46. The highest BCUT2D eigenvalue weighted by Crippen LogP contribution is 2.50. The highest BCUT2D eigenvalue weighted by molar-refractivity contribution is 6.06. The Morgan fingerprint density at radius 3 is 2.54 bits per heavy atom. The van der Waals surface area contributed by atoms with E-state index in [1.807, 2.05) is 30.3 Å². The van der Waals surface area contributed by atoms with Crippen molar-refractivity contribution in [1.82, 2.24) is 9.88 Å². The molecule has 3 amide bonds. The van der Waals surface area contributed by atoms with E-state index in [0.29, 0.717) is 42.8 Å². The molecule has 3 aromatic rings. The zero-order valence-electron chi connectivity index (χ0n) is 22.5. The number of carbonyl (C=O) groups is 3. The molecule has 2 N–H and O–H groups in total. The van der Waals surface area contributed by atoms with Crippen LogP contribution >= 0.6 is 0 Å². The molecule has 7 rings (SSSR count). The number of hydrogen-bond donors (Lipinski definition) is 2. The van der Waals surface area contributed by atoms with Gasteiger partial charge in [0.2, 0.25) is 17.7 Å². The normalized spacial score (nSPS) is 24.0. The maximum absolute atomic E-state index is 14.1. The van der Waals surface area contributed by atoms with Gasteiger partial charge in [-0.2, -0.15) is 0 Å². The number of carbonyl (C=O) groups excluding carboxylic acids is 3. The lowest BCUT2D eigenvalue weighted by Gasteiger charge is -2.44. The van der Waals surface area contributed by atoms with Gasteiger partial charge in [-0.3, -0.25) is 14.4 Å². The third kappa shape index (κ3) is 4.21. The number of anilines is 2. The van der Waals surface area contributed by atoms with Crippen molar-refractivity contribution in [1.29, 1.82) is 0 Å². The van der Waals surface area contributed by atoms with Crippen LogP contribution in [0.1, 0.15) is 66.8 Å². The predicted molar refractivity (Wildman–Crippen MR) is 148 cm³/mol. The molecule has 2 aliphatic heterocycles. The minimum Gasteiger partial charge on any atom is -0.326 e. The van der Waals surface area contributed by atoms with E-state index in [1.165, 1.54) is 17.0 Å². The van der Waals surface area contributed by atoms with Crippen molar-refractivity contribution in [2.24, 2.45) is 5.41 Å². The van der Waals surface area contributed by atoms with Crippen LogP contribution in [0.25, 0.3) is 0 Å². The summed E-state index contributed by atoms with van der Waals surface area (Å²) >= 11 is 0. The first-order valence-electron chi connectivity index (χ1n) is 14.2. The highest BCUT2D eigenvalue weighted by Gasteiger charge is 2.51. The lowest BCUT2D eigenvalue weighted by atomic mass is 9.74. The average Bonchev–Trinajstić information content (AvgIpc) is 3.63. The molecular weight excluding hydrogens is 526 g/mol. The van der Waals surface area contributed by atoms with Gasteiger partial charge in [-0.15, -0.1) is 0 Å². The van der Waals surface area contributed by atoms with Crippen LogP contribution in [0.4, 0.5) is 20.3 Å². The first kappa shape index (κ1) is 25.8. The molecule has 2 unspecified atom stereocenters. The molecule has 1 saturated carbocycles. The van der Waals surface area contributed by atoms with E-state index >= 15 is 0 Å². The minimum absolute atomic E-state index is 0.0720. The van der Waals surface area contributed by atoms with Gasteiger partial charge in [0.15, 0.2) is 0 Å².